The first kappa shape index (κ1) is 16.8. The summed E-state index contributed by atoms with van der Waals surface area (Å²) in [5.74, 6) is 0.400. The molecular weight excluding hydrogens is 314 g/mol. The third-order valence-electron chi connectivity index (χ3n) is 3.88. The molecule has 1 aromatic carbocycles. The molecule has 0 aliphatic rings. The van der Waals surface area contributed by atoms with Crippen molar-refractivity contribution < 1.29 is 0 Å². The molecular formula is C20H23N3S. The molecule has 0 amide bonds. The average molecular weight is 337 g/mol. The quantitative estimate of drug-likeness (QED) is 0.639. The third kappa shape index (κ3) is 3.88. The van der Waals surface area contributed by atoms with Crippen molar-refractivity contribution >= 4 is 11.8 Å². The van der Waals surface area contributed by atoms with Gasteiger partial charge in [-0.05, 0) is 60.7 Å². The molecule has 0 unspecified atom stereocenters. The standard InChI is InChI=1S/C20H23N3S/c1-14(2)19-20(24-18-10-15(3)9-16(4)11-18)23(13-22-19)12-17-5-7-21-8-6-17/h5-11,13-14H,12H2,1-4H3. The van der Waals surface area contributed by atoms with Gasteiger partial charge >= 0.3 is 0 Å². The van der Waals surface area contributed by atoms with Gasteiger partial charge in [0.2, 0.25) is 0 Å². The molecule has 0 radical (unpaired) electrons. The molecule has 124 valence electrons. The molecule has 0 N–H and O–H groups in total. The first-order valence-electron chi connectivity index (χ1n) is 8.23. The van der Waals surface area contributed by atoms with Crippen LogP contribution in [0.4, 0.5) is 0 Å². The Hall–Kier alpha value is -2.07. The zero-order valence-electron chi connectivity index (χ0n) is 14.7. The van der Waals surface area contributed by atoms with Crippen molar-refractivity contribution in [1.82, 2.24) is 14.5 Å². The van der Waals surface area contributed by atoms with Crippen LogP contribution in [0.25, 0.3) is 0 Å². The van der Waals surface area contributed by atoms with Crippen LogP contribution in [0.15, 0.2) is 59.0 Å². The number of rotatable bonds is 5. The van der Waals surface area contributed by atoms with E-state index in [-0.39, 0.29) is 0 Å². The highest BCUT2D eigenvalue weighted by Crippen LogP contribution is 2.34. The van der Waals surface area contributed by atoms with Gasteiger partial charge in [-0.25, -0.2) is 4.98 Å². The lowest BCUT2D eigenvalue weighted by molar-refractivity contribution is 0.707. The van der Waals surface area contributed by atoms with Crippen LogP contribution in [0.5, 0.6) is 0 Å². The highest BCUT2D eigenvalue weighted by Gasteiger charge is 2.16. The van der Waals surface area contributed by atoms with Gasteiger partial charge in [-0.2, -0.15) is 0 Å². The third-order valence-corrected chi connectivity index (χ3v) is 4.98. The smallest absolute Gasteiger partial charge is 0.103 e. The van der Waals surface area contributed by atoms with E-state index in [2.05, 4.69) is 72.6 Å². The van der Waals surface area contributed by atoms with Crippen LogP contribution < -0.4 is 0 Å². The molecule has 0 atom stereocenters. The SMILES string of the molecule is Cc1cc(C)cc(Sc2c(C(C)C)ncn2Cc2ccncc2)c1. The van der Waals surface area contributed by atoms with Crippen molar-refractivity contribution in [3.8, 4) is 0 Å². The number of hydrogen-bond acceptors (Lipinski definition) is 3. The molecule has 2 aromatic heterocycles. The molecule has 3 nitrogen and oxygen atoms in total. The highest BCUT2D eigenvalue weighted by molar-refractivity contribution is 7.99. The van der Waals surface area contributed by atoms with Gasteiger partial charge in [0.15, 0.2) is 0 Å². The normalized spacial score (nSPS) is 11.2. The second-order valence-corrected chi connectivity index (χ2v) is 7.56. The van der Waals surface area contributed by atoms with Crippen molar-refractivity contribution in [2.24, 2.45) is 0 Å². The van der Waals surface area contributed by atoms with E-state index in [1.807, 2.05) is 30.5 Å². The number of benzene rings is 1. The van der Waals surface area contributed by atoms with Gasteiger partial charge in [0.1, 0.15) is 5.03 Å². The van der Waals surface area contributed by atoms with Crippen LogP contribution in [0.2, 0.25) is 0 Å². The van der Waals surface area contributed by atoms with Crippen molar-refractivity contribution in [2.45, 2.75) is 50.1 Å². The minimum Gasteiger partial charge on any atom is -0.321 e. The Balaban J connectivity index is 1.96. The van der Waals surface area contributed by atoms with Crippen LogP contribution in [-0.2, 0) is 6.54 Å². The monoisotopic (exact) mass is 337 g/mol. The molecule has 4 heteroatoms. The fraction of sp³-hybridized carbons (Fsp3) is 0.300. The van der Waals surface area contributed by atoms with Crippen LogP contribution in [0.1, 0.15) is 42.1 Å². The molecule has 0 spiro atoms. The summed E-state index contributed by atoms with van der Waals surface area (Å²) < 4.78 is 2.24. The van der Waals surface area contributed by atoms with E-state index in [1.165, 1.54) is 26.6 Å². The largest absolute Gasteiger partial charge is 0.321 e. The van der Waals surface area contributed by atoms with Crippen molar-refractivity contribution in [1.29, 1.82) is 0 Å². The van der Waals surface area contributed by atoms with Crippen LogP contribution in [0, 0.1) is 13.8 Å². The Kier molecular flexibility index (Phi) is 5.05. The lowest BCUT2D eigenvalue weighted by Gasteiger charge is -2.12. The van der Waals surface area contributed by atoms with E-state index < -0.39 is 0 Å². The molecule has 24 heavy (non-hydrogen) atoms. The molecule has 0 saturated carbocycles. The predicted molar refractivity (Wildman–Crippen MR) is 99.7 cm³/mol. The first-order valence-corrected chi connectivity index (χ1v) is 9.04. The van der Waals surface area contributed by atoms with E-state index in [0.29, 0.717) is 5.92 Å². The Morgan fingerprint density at radius 2 is 1.71 bits per heavy atom. The number of hydrogen-bond donors (Lipinski definition) is 0. The number of nitrogens with zero attached hydrogens (tertiary/aromatic N) is 3. The molecule has 0 bridgehead atoms. The van der Waals surface area contributed by atoms with Crippen molar-refractivity contribution in [3.63, 3.8) is 0 Å². The minimum atomic E-state index is 0.400. The van der Waals surface area contributed by atoms with E-state index in [0.717, 1.165) is 12.2 Å². The van der Waals surface area contributed by atoms with E-state index in [1.54, 1.807) is 0 Å². The average Bonchev–Trinajstić information content (AvgIpc) is 2.90. The Labute approximate surface area is 148 Å². The summed E-state index contributed by atoms with van der Waals surface area (Å²) in [7, 11) is 0. The highest BCUT2D eigenvalue weighted by atomic mass is 32.2. The van der Waals surface area contributed by atoms with Crippen LogP contribution in [0.3, 0.4) is 0 Å². The zero-order valence-corrected chi connectivity index (χ0v) is 15.5. The second kappa shape index (κ2) is 7.22. The maximum atomic E-state index is 4.68. The van der Waals surface area contributed by atoms with Crippen molar-refractivity contribution in [3.05, 3.63) is 71.4 Å². The lowest BCUT2D eigenvalue weighted by atomic mass is 10.1. The maximum absolute atomic E-state index is 4.68. The number of imidazole rings is 1. The van der Waals surface area contributed by atoms with Crippen molar-refractivity contribution in [2.75, 3.05) is 0 Å². The van der Waals surface area contributed by atoms with E-state index in [9.17, 15) is 0 Å². The predicted octanol–water partition coefficient (Wildman–Crippen LogP) is 5.22. The van der Waals surface area contributed by atoms with Gasteiger partial charge in [-0.15, -0.1) is 0 Å². The number of aromatic nitrogens is 3. The summed E-state index contributed by atoms with van der Waals surface area (Å²) in [6.07, 6.45) is 5.64. The lowest BCUT2D eigenvalue weighted by Crippen LogP contribution is -2.01. The molecule has 3 aromatic rings. The van der Waals surface area contributed by atoms with Gasteiger partial charge in [-0.1, -0.05) is 31.7 Å². The Bertz CT molecular complexity index is 802. The second-order valence-electron chi connectivity index (χ2n) is 6.50. The minimum absolute atomic E-state index is 0.400. The Morgan fingerprint density at radius 1 is 1.04 bits per heavy atom. The van der Waals surface area contributed by atoms with Gasteiger partial charge < -0.3 is 4.57 Å². The molecule has 0 fully saturated rings. The summed E-state index contributed by atoms with van der Waals surface area (Å²) in [6, 6.07) is 10.8. The summed E-state index contributed by atoms with van der Waals surface area (Å²) in [6.45, 7) is 9.51. The molecule has 0 aliphatic heterocycles. The Morgan fingerprint density at radius 3 is 2.33 bits per heavy atom. The molecule has 3 rings (SSSR count). The molecule has 2 heterocycles. The number of pyridine rings is 1. The zero-order chi connectivity index (χ0) is 17.1. The van der Waals surface area contributed by atoms with E-state index in [4.69, 9.17) is 0 Å². The first-order chi connectivity index (χ1) is 11.5. The molecule has 0 saturated heterocycles. The summed E-state index contributed by atoms with van der Waals surface area (Å²) in [5, 5.41) is 1.23. The topological polar surface area (TPSA) is 30.7 Å². The number of aryl methyl sites for hydroxylation is 2. The summed E-state index contributed by atoms with van der Waals surface area (Å²) >= 11 is 1.81. The fourth-order valence-electron chi connectivity index (χ4n) is 2.79. The van der Waals surface area contributed by atoms with Crippen LogP contribution in [-0.4, -0.2) is 14.5 Å². The van der Waals surface area contributed by atoms with Gasteiger partial charge in [-0.3, -0.25) is 4.98 Å². The van der Waals surface area contributed by atoms with E-state index >= 15 is 0 Å². The fourth-order valence-corrected chi connectivity index (χ4v) is 4.13. The van der Waals surface area contributed by atoms with Gasteiger partial charge in [0.05, 0.1) is 12.0 Å². The van der Waals surface area contributed by atoms with Crippen LogP contribution >= 0.6 is 11.8 Å². The summed E-state index contributed by atoms with van der Waals surface area (Å²) in [5.41, 5.74) is 4.99. The van der Waals surface area contributed by atoms with Gasteiger partial charge in [0.25, 0.3) is 0 Å². The van der Waals surface area contributed by atoms with Gasteiger partial charge in [0, 0.05) is 23.8 Å². The summed E-state index contributed by atoms with van der Waals surface area (Å²) in [4.78, 5) is 10.0. The maximum Gasteiger partial charge on any atom is 0.103 e. The molecule has 0 aliphatic carbocycles.